The lowest BCUT2D eigenvalue weighted by Gasteiger charge is -2.13. The van der Waals surface area contributed by atoms with Crippen LogP contribution in [0.5, 0.6) is 0 Å². The molecule has 1 aromatic carbocycles. The summed E-state index contributed by atoms with van der Waals surface area (Å²) in [4.78, 5) is 20.8. The third-order valence-corrected chi connectivity index (χ3v) is 3.58. The number of nitrogens with one attached hydrogen (secondary N) is 1. The number of carbonyl (C=O) groups is 1. The van der Waals surface area contributed by atoms with E-state index in [4.69, 9.17) is 5.84 Å². The van der Waals surface area contributed by atoms with Crippen LogP contribution >= 0.6 is 0 Å². The lowest BCUT2D eigenvalue weighted by molar-refractivity contribution is 0.0795. The van der Waals surface area contributed by atoms with Crippen molar-refractivity contribution < 1.29 is 13.6 Å². The number of aromatic nitrogens is 1. The van der Waals surface area contributed by atoms with Crippen molar-refractivity contribution in [1.82, 2.24) is 9.88 Å². The number of hydrogen-bond acceptors (Lipinski definition) is 3. The van der Waals surface area contributed by atoms with Gasteiger partial charge in [0, 0.05) is 19.3 Å². The SMILES string of the molecule is NN=NC(=Nc1c[nH]c(C(=O)N2CC=CC2)c1)c1cccc(F)c1F. The number of amidine groups is 1. The van der Waals surface area contributed by atoms with Crippen molar-refractivity contribution in [3.63, 3.8) is 0 Å². The number of aliphatic imine (C=N–C) groups is 1. The Morgan fingerprint density at radius 2 is 2.00 bits per heavy atom. The second-order valence-electron chi connectivity index (χ2n) is 5.21. The predicted molar refractivity (Wildman–Crippen MR) is 87.4 cm³/mol. The molecule has 3 N–H and O–H groups in total. The molecule has 0 aliphatic carbocycles. The van der Waals surface area contributed by atoms with Crippen molar-refractivity contribution in [1.29, 1.82) is 0 Å². The summed E-state index contributed by atoms with van der Waals surface area (Å²) in [5.41, 5.74) is 0.444. The first-order chi connectivity index (χ1) is 12.1. The Hall–Kier alpha value is -3.36. The Bertz CT molecular complexity index is 879. The molecule has 0 saturated carbocycles. The molecule has 3 rings (SSSR count). The Morgan fingerprint density at radius 3 is 2.72 bits per heavy atom. The number of nitrogens with zero attached hydrogens (tertiary/aromatic N) is 4. The van der Waals surface area contributed by atoms with Crippen LogP contribution < -0.4 is 5.84 Å². The molecule has 0 bridgehead atoms. The smallest absolute Gasteiger partial charge is 0.270 e. The molecule has 1 amide bonds. The van der Waals surface area contributed by atoms with Gasteiger partial charge in [-0.2, -0.15) is 0 Å². The van der Waals surface area contributed by atoms with Gasteiger partial charge < -0.3 is 15.7 Å². The van der Waals surface area contributed by atoms with Crippen LogP contribution in [0.25, 0.3) is 0 Å². The summed E-state index contributed by atoms with van der Waals surface area (Å²) < 4.78 is 27.3. The number of rotatable bonds is 3. The lowest BCUT2D eigenvalue weighted by atomic mass is 10.2. The van der Waals surface area contributed by atoms with E-state index in [-0.39, 0.29) is 17.3 Å². The van der Waals surface area contributed by atoms with Crippen molar-refractivity contribution in [2.75, 3.05) is 13.1 Å². The van der Waals surface area contributed by atoms with E-state index in [1.807, 2.05) is 12.2 Å². The van der Waals surface area contributed by atoms with E-state index in [9.17, 15) is 13.6 Å². The largest absolute Gasteiger partial charge is 0.355 e. The number of carbonyl (C=O) groups excluding carboxylic acids is 1. The van der Waals surface area contributed by atoms with Gasteiger partial charge in [0.25, 0.3) is 5.91 Å². The molecule has 0 saturated heterocycles. The fraction of sp³-hybridized carbons (Fsp3) is 0.125. The zero-order chi connectivity index (χ0) is 17.8. The molecule has 0 atom stereocenters. The molecule has 1 aliphatic heterocycles. The van der Waals surface area contributed by atoms with Crippen LogP contribution in [0.1, 0.15) is 16.1 Å². The minimum absolute atomic E-state index is 0.188. The molecule has 2 heterocycles. The zero-order valence-electron chi connectivity index (χ0n) is 13.0. The summed E-state index contributed by atoms with van der Waals surface area (Å²) in [6.45, 7) is 1.08. The van der Waals surface area contributed by atoms with Crippen LogP contribution in [0.15, 0.2) is 57.9 Å². The van der Waals surface area contributed by atoms with E-state index >= 15 is 0 Å². The van der Waals surface area contributed by atoms with Crippen LogP contribution in [-0.2, 0) is 0 Å². The highest BCUT2D eigenvalue weighted by Gasteiger charge is 2.19. The summed E-state index contributed by atoms with van der Waals surface area (Å²) in [7, 11) is 0. The van der Waals surface area contributed by atoms with Gasteiger partial charge in [-0.15, -0.1) is 5.11 Å². The van der Waals surface area contributed by atoms with Crippen LogP contribution in [0.2, 0.25) is 0 Å². The van der Waals surface area contributed by atoms with Crippen LogP contribution in [0.4, 0.5) is 14.5 Å². The van der Waals surface area contributed by atoms with E-state index in [1.54, 1.807) is 4.90 Å². The van der Waals surface area contributed by atoms with Crippen molar-refractivity contribution >= 4 is 17.4 Å². The minimum Gasteiger partial charge on any atom is -0.355 e. The highest BCUT2D eigenvalue weighted by Crippen LogP contribution is 2.20. The standard InChI is InChI=1S/C16H14F2N6O/c17-12-5-3-4-11(14(12)18)15(22-23-19)21-10-8-13(20-9-10)16(25)24-6-1-2-7-24/h1-5,8-9,20H,6-7H2,(H2,19,21,22). The molecule has 128 valence electrons. The average Bonchev–Trinajstić information content (AvgIpc) is 3.28. The Kier molecular flexibility index (Phi) is 4.64. The van der Waals surface area contributed by atoms with Gasteiger partial charge in [0.1, 0.15) is 5.69 Å². The fourth-order valence-electron chi connectivity index (χ4n) is 2.38. The summed E-state index contributed by atoms with van der Waals surface area (Å²) in [6.07, 6.45) is 5.25. The van der Waals surface area contributed by atoms with E-state index in [0.717, 1.165) is 6.07 Å². The van der Waals surface area contributed by atoms with Crippen molar-refractivity contribution in [2.45, 2.75) is 0 Å². The predicted octanol–water partition coefficient (Wildman–Crippen LogP) is 2.71. The molecule has 1 aromatic heterocycles. The van der Waals surface area contributed by atoms with E-state index in [1.165, 1.54) is 24.4 Å². The van der Waals surface area contributed by atoms with Crippen molar-refractivity contribution in [3.05, 3.63) is 65.5 Å². The number of halogens is 2. The highest BCUT2D eigenvalue weighted by molar-refractivity contribution is 6.01. The number of benzene rings is 1. The van der Waals surface area contributed by atoms with E-state index in [0.29, 0.717) is 24.5 Å². The number of amides is 1. The van der Waals surface area contributed by atoms with Crippen LogP contribution in [-0.4, -0.2) is 34.7 Å². The number of aromatic amines is 1. The maximum Gasteiger partial charge on any atom is 0.270 e. The fourth-order valence-corrected chi connectivity index (χ4v) is 2.38. The molecular formula is C16H14F2N6O. The molecule has 7 nitrogen and oxygen atoms in total. The monoisotopic (exact) mass is 344 g/mol. The average molecular weight is 344 g/mol. The number of nitrogens with two attached hydrogens (primary N) is 1. The molecule has 2 aromatic rings. The first kappa shape index (κ1) is 16.5. The summed E-state index contributed by atoms with van der Waals surface area (Å²) in [5.74, 6) is 2.49. The van der Waals surface area contributed by atoms with E-state index < -0.39 is 11.6 Å². The first-order valence-electron chi connectivity index (χ1n) is 7.37. The topological polar surface area (TPSA) is 99.2 Å². The minimum atomic E-state index is -1.11. The van der Waals surface area contributed by atoms with Crippen molar-refractivity contribution in [2.24, 2.45) is 21.2 Å². The van der Waals surface area contributed by atoms with Crippen LogP contribution in [0, 0.1) is 11.6 Å². The number of hydrogen-bond donors (Lipinski definition) is 2. The molecule has 0 radical (unpaired) electrons. The second kappa shape index (κ2) is 7.04. The van der Waals surface area contributed by atoms with Gasteiger partial charge in [-0.05, 0) is 18.2 Å². The Balaban J connectivity index is 1.91. The molecule has 9 heteroatoms. The third-order valence-electron chi connectivity index (χ3n) is 3.58. The lowest BCUT2D eigenvalue weighted by Crippen LogP contribution is -2.28. The molecule has 0 spiro atoms. The van der Waals surface area contributed by atoms with Gasteiger partial charge in [0.15, 0.2) is 17.5 Å². The molecule has 1 aliphatic rings. The molecule has 0 unspecified atom stereocenters. The van der Waals surface area contributed by atoms with Crippen molar-refractivity contribution in [3.8, 4) is 0 Å². The van der Waals surface area contributed by atoms with Gasteiger partial charge >= 0.3 is 0 Å². The second-order valence-corrected chi connectivity index (χ2v) is 5.21. The number of H-pyrrole nitrogens is 1. The first-order valence-corrected chi connectivity index (χ1v) is 7.37. The molecule has 0 fully saturated rings. The van der Waals surface area contributed by atoms with Gasteiger partial charge in [-0.1, -0.05) is 23.4 Å². The van der Waals surface area contributed by atoms with Gasteiger partial charge in [0.05, 0.1) is 11.3 Å². The molecule has 25 heavy (non-hydrogen) atoms. The Morgan fingerprint density at radius 1 is 1.24 bits per heavy atom. The molecular weight excluding hydrogens is 330 g/mol. The summed E-state index contributed by atoms with van der Waals surface area (Å²) in [5, 5.41) is 6.65. The van der Waals surface area contributed by atoms with Gasteiger partial charge in [-0.3, -0.25) is 4.79 Å². The van der Waals surface area contributed by atoms with Gasteiger partial charge in [-0.25, -0.2) is 13.8 Å². The third kappa shape index (κ3) is 3.44. The zero-order valence-corrected chi connectivity index (χ0v) is 13.0. The maximum absolute atomic E-state index is 13.9. The summed E-state index contributed by atoms with van der Waals surface area (Å²) in [6, 6.07) is 5.10. The highest BCUT2D eigenvalue weighted by atomic mass is 19.2. The summed E-state index contributed by atoms with van der Waals surface area (Å²) >= 11 is 0. The maximum atomic E-state index is 13.9. The normalized spacial score (nSPS) is 14.6. The van der Waals surface area contributed by atoms with E-state index in [2.05, 4.69) is 20.3 Å². The Labute approximate surface area is 141 Å². The quantitative estimate of drug-likeness (QED) is 0.223. The van der Waals surface area contributed by atoms with Gasteiger partial charge in [0.2, 0.25) is 0 Å². The van der Waals surface area contributed by atoms with Crippen LogP contribution in [0.3, 0.4) is 0 Å².